The smallest absolute Gasteiger partial charge is 0.306 e. The van der Waals surface area contributed by atoms with Crippen LogP contribution in [0.2, 0.25) is 0 Å². The van der Waals surface area contributed by atoms with Gasteiger partial charge in [-0.3, -0.25) is 4.57 Å². The molecule has 0 spiro atoms. The molecule has 3 nitrogen and oxygen atoms in total. The van der Waals surface area contributed by atoms with E-state index in [1.54, 1.807) is 6.66 Å². The first-order valence-electron chi connectivity index (χ1n) is 6.56. The van der Waals surface area contributed by atoms with Crippen LogP contribution in [0, 0.1) is 11.8 Å². The van der Waals surface area contributed by atoms with Crippen molar-refractivity contribution in [3.05, 3.63) is 0 Å². The Hall–Kier alpha value is 0.150. The summed E-state index contributed by atoms with van der Waals surface area (Å²) in [4.78, 5) is 0. The van der Waals surface area contributed by atoms with Gasteiger partial charge in [0.1, 0.15) is 0 Å². The maximum Gasteiger partial charge on any atom is 0.328 e. The second kappa shape index (κ2) is 7.56. The lowest BCUT2D eigenvalue weighted by Crippen LogP contribution is -2.15. The molecule has 0 rings (SSSR count). The van der Waals surface area contributed by atoms with Crippen molar-refractivity contribution in [1.82, 2.24) is 0 Å². The molecule has 104 valence electrons. The van der Waals surface area contributed by atoms with Gasteiger partial charge in [-0.15, -0.1) is 0 Å². The van der Waals surface area contributed by atoms with Gasteiger partial charge in [0.25, 0.3) is 0 Å². The lowest BCUT2D eigenvalue weighted by Gasteiger charge is -2.24. The second-order valence-electron chi connectivity index (χ2n) is 5.86. The van der Waals surface area contributed by atoms with E-state index in [1.807, 2.05) is 13.8 Å². The fourth-order valence-corrected chi connectivity index (χ4v) is 3.62. The van der Waals surface area contributed by atoms with Crippen molar-refractivity contribution in [3.63, 3.8) is 0 Å². The molecule has 0 saturated carbocycles. The third kappa shape index (κ3) is 9.82. The second-order valence-corrected chi connectivity index (χ2v) is 7.83. The standard InChI is InChI=1S/C13H29O3P/c1-10(2)8-12(5)15-17(7,14)16-13(6)9-11(3)4/h10-13H,8-9H2,1-7H3. The molecule has 17 heavy (non-hydrogen) atoms. The molecular formula is C13H29O3P. The highest BCUT2D eigenvalue weighted by Crippen LogP contribution is 2.47. The quantitative estimate of drug-likeness (QED) is 0.595. The van der Waals surface area contributed by atoms with Crippen molar-refractivity contribution >= 4 is 7.60 Å². The van der Waals surface area contributed by atoms with E-state index in [0.29, 0.717) is 11.8 Å². The SMILES string of the molecule is CC(C)CC(C)OP(C)(=O)OC(C)CC(C)C. The summed E-state index contributed by atoms with van der Waals surface area (Å²) in [7, 11) is -2.92. The molecule has 0 aliphatic carbocycles. The zero-order chi connectivity index (χ0) is 13.6. The summed E-state index contributed by atoms with van der Waals surface area (Å²) >= 11 is 0. The summed E-state index contributed by atoms with van der Waals surface area (Å²) in [5, 5.41) is 0. The van der Waals surface area contributed by atoms with Crippen LogP contribution in [0.25, 0.3) is 0 Å². The van der Waals surface area contributed by atoms with Gasteiger partial charge in [0.2, 0.25) is 0 Å². The molecule has 0 heterocycles. The first kappa shape index (κ1) is 17.2. The predicted molar refractivity (Wildman–Crippen MR) is 73.5 cm³/mol. The minimum absolute atomic E-state index is 0.0166. The van der Waals surface area contributed by atoms with E-state index in [4.69, 9.17) is 9.05 Å². The molecule has 0 N–H and O–H groups in total. The summed E-state index contributed by atoms with van der Waals surface area (Å²) in [6.07, 6.45) is 1.77. The van der Waals surface area contributed by atoms with Crippen LogP contribution in [0.4, 0.5) is 0 Å². The summed E-state index contributed by atoms with van der Waals surface area (Å²) in [6.45, 7) is 14.0. The molecule has 4 heteroatoms. The predicted octanol–water partition coefficient (Wildman–Crippen LogP) is 4.71. The Balaban J connectivity index is 4.14. The average Bonchev–Trinajstić information content (AvgIpc) is 1.95. The normalized spacial score (nSPS) is 19.4. The molecule has 0 aromatic rings. The van der Waals surface area contributed by atoms with Crippen LogP contribution in [0.15, 0.2) is 0 Å². The molecule has 2 unspecified atom stereocenters. The monoisotopic (exact) mass is 264 g/mol. The van der Waals surface area contributed by atoms with Gasteiger partial charge < -0.3 is 9.05 Å². The molecule has 0 bridgehead atoms. The van der Waals surface area contributed by atoms with Crippen molar-refractivity contribution in [3.8, 4) is 0 Å². The molecule has 2 atom stereocenters. The van der Waals surface area contributed by atoms with E-state index in [1.165, 1.54) is 0 Å². The molecule has 0 aliphatic rings. The van der Waals surface area contributed by atoms with Crippen molar-refractivity contribution in [2.45, 2.75) is 66.6 Å². The van der Waals surface area contributed by atoms with E-state index < -0.39 is 7.60 Å². The molecule has 0 fully saturated rings. The zero-order valence-corrected chi connectivity index (χ0v) is 13.3. The number of rotatable bonds is 8. The molecule has 0 aromatic carbocycles. The third-order valence-electron chi connectivity index (χ3n) is 2.35. The van der Waals surface area contributed by atoms with Crippen molar-refractivity contribution < 1.29 is 13.6 Å². The Kier molecular flexibility index (Phi) is 7.62. The fraction of sp³-hybridized carbons (Fsp3) is 1.00. The summed E-state index contributed by atoms with van der Waals surface area (Å²) in [5.74, 6) is 1.08. The highest BCUT2D eigenvalue weighted by atomic mass is 31.2. The van der Waals surface area contributed by atoms with E-state index in [-0.39, 0.29) is 12.2 Å². The Morgan fingerprint density at radius 2 is 1.12 bits per heavy atom. The van der Waals surface area contributed by atoms with E-state index >= 15 is 0 Å². The van der Waals surface area contributed by atoms with Crippen LogP contribution < -0.4 is 0 Å². The van der Waals surface area contributed by atoms with Gasteiger partial charge in [0.15, 0.2) is 0 Å². The Labute approximate surface area is 107 Å². The van der Waals surface area contributed by atoms with Crippen LogP contribution >= 0.6 is 7.60 Å². The number of hydrogen-bond acceptors (Lipinski definition) is 3. The van der Waals surface area contributed by atoms with Crippen LogP contribution in [0.1, 0.15) is 54.4 Å². The average molecular weight is 264 g/mol. The van der Waals surface area contributed by atoms with Gasteiger partial charge in [0.05, 0.1) is 12.2 Å². The van der Waals surface area contributed by atoms with Gasteiger partial charge in [-0.1, -0.05) is 27.7 Å². The lowest BCUT2D eigenvalue weighted by atomic mass is 10.1. The van der Waals surface area contributed by atoms with Gasteiger partial charge in [0, 0.05) is 6.66 Å². The van der Waals surface area contributed by atoms with E-state index in [2.05, 4.69) is 27.7 Å². The third-order valence-corrected chi connectivity index (χ3v) is 3.84. The Bertz CT molecular complexity index is 229. The van der Waals surface area contributed by atoms with Gasteiger partial charge in [-0.25, -0.2) is 0 Å². The summed E-state index contributed by atoms with van der Waals surface area (Å²) < 4.78 is 23.2. The molecule has 0 aliphatic heterocycles. The van der Waals surface area contributed by atoms with Gasteiger partial charge in [-0.2, -0.15) is 0 Å². The van der Waals surface area contributed by atoms with Crippen LogP contribution in [0.5, 0.6) is 0 Å². The first-order chi connectivity index (χ1) is 7.62. The number of hydrogen-bond donors (Lipinski definition) is 0. The molecule has 0 radical (unpaired) electrons. The van der Waals surface area contributed by atoms with E-state index in [0.717, 1.165) is 12.8 Å². The van der Waals surface area contributed by atoms with Crippen molar-refractivity contribution in [1.29, 1.82) is 0 Å². The van der Waals surface area contributed by atoms with Crippen molar-refractivity contribution in [2.75, 3.05) is 6.66 Å². The van der Waals surface area contributed by atoms with Crippen LogP contribution in [-0.4, -0.2) is 18.9 Å². The van der Waals surface area contributed by atoms with Crippen LogP contribution in [0.3, 0.4) is 0 Å². The first-order valence-corrected chi connectivity index (χ1v) is 8.55. The molecule has 0 amide bonds. The highest BCUT2D eigenvalue weighted by Gasteiger charge is 2.24. The largest absolute Gasteiger partial charge is 0.328 e. The Morgan fingerprint density at radius 1 is 0.824 bits per heavy atom. The maximum atomic E-state index is 12.2. The fourth-order valence-electron chi connectivity index (χ4n) is 2.09. The van der Waals surface area contributed by atoms with Gasteiger partial charge >= 0.3 is 7.60 Å². The minimum atomic E-state index is -2.92. The van der Waals surface area contributed by atoms with Gasteiger partial charge in [-0.05, 0) is 38.5 Å². The maximum absolute atomic E-state index is 12.2. The van der Waals surface area contributed by atoms with E-state index in [9.17, 15) is 4.57 Å². The zero-order valence-electron chi connectivity index (χ0n) is 12.4. The lowest BCUT2D eigenvalue weighted by molar-refractivity contribution is 0.111. The van der Waals surface area contributed by atoms with Crippen LogP contribution in [-0.2, 0) is 13.6 Å². The van der Waals surface area contributed by atoms with Crippen molar-refractivity contribution in [2.24, 2.45) is 11.8 Å². The minimum Gasteiger partial charge on any atom is -0.306 e. The molecule has 0 saturated heterocycles. The summed E-state index contributed by atoms with van der Waals surface area (Å²) in [6, 6.07) is 0. The highest BCUT2D eigenvalue weighted by molar-refractivity contribution is 7.53. The summed E-state index contributed by atoms with van der Waals surface area (Å²) in [5.41, 5.74) is 0. The topological polar surface area (TPSA) is 35.5 Å². The Morgan fingerprint density at radius 3 is 1.35 bits per heavy atom. The molecular weight excluding hydrogens is 235 g/mol. The molecule has 0 aromatic heterocycles.